The smallest absolute Gasteiger partial charge is 0.128 e. The molecule has 0 aliphatic heterocycles. The molecule has 0 aliphatic rings. The summed E-state index contributed by atoms with van der Waals surface area (Å²) >= 11 is 0. The fraction of sp³-hybridized carbons (Fsp3) is 0.455. The third-order valence-corrected chi connectivity index (χ3v) is 2.23. The van der Waals surface area contributed by atoms with Crippen molar-refractivity contribution in [3.05, 3.63) is 35.4 Å². The van der Waals surface area contributed by atoms with Crippen molar-refractivity contribution in [3.63, 3.8) is 0 Å². The van der Waals surface area contributed by atoms with E-state index in [-0.39, 0.29) is 18.0 Å². The molecule has 1 atom stereocenters. The first-order valence-electron chi connectivity index (χ1n) is 4.85. The summed E-state index contributed by atoms with van der Waals surface area (Å²) in [6, 6.07) is 3.00. The maximum atomic E-state index is 13.2. The van der Waals surface area contributed by atoms with Gasteiger partial charge in [0.15, 0.2) is 0 Å². The van der Waals surface area contributed by atoms with Gasteiger partial charge < -0.3 is 5.73 Å². The third kappa shape index (κ3) is 4.14. The molecule has 1 nitrogen and oxygen atoms in total. The Morgan fingerprint density at radius 3 is 2.60 bits per heavy atom. The van der Waals surface area contributed by atoms with Crippen molar-refractivity contribution in [3.8, 4) is 0 Å². The highest BCUT2D eigenvalue weighted by atomic mass is 35.5. The monoisotopic (exact) mass is 235 g/mol. The van der Waals surface area contributed by atoms with Crippen LogP contribution in [0.25, 0.3) is 0 Å². The molecule has 0 aliphatic carbocycles. The number of halogens is 3. The van der Waals surface area contributed by atoms with Crippen LogP contribution in [0.15, 0.2) is 18.2 Å². The van der Waals surface area contributed by atoms with Crippen molar-refractivity contribution >= 4 is 12.4 Å². The Hall–Kier alpha value is -0.670. The van der Waals surface area contributed by atoms with Gasteiger partial charge >= 0.3 is 0 Å². The molecule has 0 bridgehead atoms. The Kier molecular flexibility index (Phi) is 6.45. The quantitative estimate of drug-likeness (QED) is 0.848. The molecule has 1 rings (SSSR count). The Morgan fingerprint density at radius 1 is 1.33 bits per heavy atom. The van der Waals surface area contributed by atoms with Gasteiger partial charge in [0, 0.05) is 11.6 Å². The molecule has 0 amide bonds. The van der Waals surface area contributed by atoms with Crippen molar-refractivity contribution in [2.75, 3.05) is 0 Å². The van der Waals surface area contributed by atoms with E-state index in [1.807, 2.05) is 6.92 Å². The van der Waals surface area contributed by atoms with Crippen molar-refractivity contribution in [2.24, 2.45) is 5.73 Å². The molecule has 1 aromatic rings. The molecule has 2 N–H and O–H groups in total. The predicted octanol–water partition coefficient (Wildman–Crippen LogP) is 3.58. The maximum Gasteiger partial charge on any atom is 0.128 e. The number of benzene rings is 1. The zero-order chi connectivity index (χ0) is 10.6. The van der Waals surface area contributed by atoms with Crippen LogP contribution in [0, 0.1) is 11.6 Å². The largest absolute Gasteiger partial charge is 0.324 e. The summed E-state index contributed by atoms with van der Waals surface area (Å²) in [5.74, 6) is -0.858. The summed E-state index contributed by atoms with van der Waals surface area (Å²) in [6.45, 7) is 2.04. The highest BCUT2D eigenvalue weighted by Gasteiger charge is 2.11. The molecule has 0 saturated carbocycles. The van der Waals surface area contributed by atoms with Gasteiger partial charge in [0.05, 0.1) is 0 Å². The second-order valence-corrected chi connectivity index (χ2v) is 3.41. The third-order valence-electron chi connectivity index (χ3n) is 2.23. The molecule has 0 fully saturated rings. The fourth-order valence-corrected chi connectivity index (χ4v) is 1.38. The van der Waals surface area contributed by atoms with E-state index in [0.29, 0.717) is 6.42 Å². The Labute approximate surface area is 95.1 Å². The van der Waals surface area contributed by atoms with Gasteiger partial charge in [0.2, 0.25) is 0 Å². The van der Waals surface area contributed by atoms with E-state index in [4.69, 9.17) is 5.73 Å². The van der Waals surface area contributed by atoms with Crippen LogP contribution in [0.3, 0.4) is 0 Å². The number of nitrogens with two attached hydrogens (primary N) is 1. The van der Waals surface area contributed by atoms with Gasteiger partial charge in [-0.25, -0.2) is 8.78 Å². The van der Waals surface area contributed by atoms with Gasteiger partial charge in [-0.05, 0) is 24.6 Å². The lowest BCUT2D eigenvalue weighted by Crippen LogP contribution is -2.12. The van der Waals surface area contributed by atoms with Crippen LogP contribution in [0.1, 0.15) is 37.8 Å². The number of hydrogen-bond acceptors (Lipinski definition) is 1. The van der Waals surface area contributed by atoms with E-state index >= 15 is 0 Å². The number of rotatable bonds is 4. The standard InChI is InChI=1S/C11H15F2N.ClH/c1-2-3-4-11(14)9-7-8(12)5-6-10(9)13;/h5-7,11H,2-4,14H2,1H3;1H. The average molecular weight is 236 g/mol. The first kappa shape index (κ1) is 14.3. The van der Waals surface area contributed by atoms with Crippen LogP contribution >= 0.6 is 12.4 Å². The minimum Gasteiger partial charge on any atom is -0.324 e. The van der Waals surface area contributed by atoms with Gasteiger partial charge in [-0.1, -0.05) is 19.8 Å². The summed E-state index contributed by atoms with van der Waals surface area (Å²) in [6.07, 6.45) is 2.62. The van der Waals surface area contributed by atoms with Gasteiger partial charge in [-0.15, -0.1) is 12.4 Å². The fourth-order valence-electron chi connectivity index (χ4n) is 1.38. The van der Waals surface area contributed by atoms with Crippen LogP contribution in [0.4, 0.5) is 8.78 Å². The van der Waals surface area contributed by atoms with Crippen LogP contribution in [0.5, 0.6) is 0 Å². The number of unbranched alkanes of at least 4 members (excludes halogenated alkanes) is 1. The van der Waals surface area contributed by atoms with Gasteiger partial charge in [0.1, 0.15) is 11.6 Å². The van der Waals surface area contributed by atoms with Gasteiger partial charge in [0.25, 0.3) is 0 Å². The molecule has 1 aromatic carbocycles. The molecule has 0 saturated heterocycles. The molecular formula is C11H16ClF2N. The van der Waals surface area contributed by atoms with Crippen LogP contribution < -0.4 is 5.73 Å². The van der Waals surface area contributed by atoms with Crippen molar-refractivity contribution in [1.29, 1.82) is 0 Å². The molecule has 0 radical (unpaired) electrons. The Morgan fingerprint density at radius 2 is 2.00 bits per heavy atom. The van der Waals surface area contributed by atoms with Crippen molar-refractivity contribution in [2.45, 2.75) is 32.2 Å². The summed E-state index contributed by atoms with van der Waals surface area (Å²) < 4.78 is 26.0. The Balaban J connectivity index is 0.00000196. The lowest BCUT2D eigenvalue weighted by molar-refractivity contribution is 0.535. The SMILES string of the molecule is CCCCC(N)c1cc(F)ccc1F.Cl. The normalized spacial score (nSPS) is 12.0. The topological polar surface area (TPSA) is 26.0 Å². The van der Waals surface area contributed by atoms with E-state index in [1.165, 1.54) is 6.07 Å². The molecule has 0 heterocycles. The zero-order valence-corrected chi connectivity index (χ0v) is 9.49. The molecule has 15 heavy (non-hydrogen) atoms. The average Bonchev–Trinajstić information content (AvgIpc) is 2.18. The van der Waals surface area contributed by atoms with Crippen LogP contribution in [-0.2, 0) is 0 Å². The summed E-state index contributed by atoms with van der Waals surface area (Å²) in [4.78, 5) is 0. The first-order chi connectivity index (χ1) is 6.65. The molecule has 86 valence electrons. The van der Waals surface area contributed by atoms with E-state index in [1.54, 1.807) is 0 Å². The molecule has 0 aromatic heterocycles. The minimum atomic E-state index is -0.437. The van der Waals surface area contributed by atoms with Gasteiger partial charge in [-0.2, -0.15) is 0 Å². The minimum absolute atomic E-state index is 0. The van der Waals surface area contributed by atoms with Crippen LogP contribution in [-0.4, -0.2) is 0 Å². The van der Waals surface area contributed by atoms with E-state index in [2.05, 4.69) is 0 Å². The molecule has 0 spiro atoms. The van der Waals surface area contributed by atoms with E-state index in [9.17, 15) is 8.78 Å². The predicted molar refractivity (Wildman–Crippen MR) is 60.1 cm³/mol. The maximum absolute atomic E-state index is 13.2. The highest BCUT2D eigenvalue weighted by molar-refractivity contribution is 5.85. The Bertz CT molecular complexity index is 305. The van der Waals surface area contributed by atoms with E-state index in [0.717, 1.165) is 25.0 Å². The summed E-state index contributed by atoms with van der Waals surface area (Å²) in [5.41, 5.74) is 6.02. The van der Waals surface area contributed by atoms with Crippen LogP contribution in [0.2, 0.25) is 0 Å². The molecule has 4 heteroatoms. The van der Waals surface area contributed by atoms with Crippen molar-refractivity contribution < 1.29 is 8.78 Å². The molecular weight excluding hydrogens is 220 g/mol. The second-order valence-electron chi connectivity index (χ2n) is 3.41. The second kappa shape index (κ2) is 6.75. The summed E-state index contributed by atoms with van der Waals surface area (Å²) in [7, 11) is 0. The lowest BCUT2D eigenvalue weighted by atomic mass is 10.0. The summed E-state index contributed by atoms with van der Waals surface area (Å²) in [5, 5.41) is 0. The zero-order valence-electron chi connectivity index (χ0n) is 8.67. The number of hydrogen-bond donors (Lipinski definition) is 1. The van der Waals surface area contributed by atoms with Gasteiger partial charge in [-0.3, -0.25) is 0 Å². The van der Waals surface area contributed by atoms with Crippen molar-refractivity contribution in [1.82, 2.24) is 0 Å². The lowest BCUT2D eigenvalue weighted by Gasteiger charge is -2.12. The highest BCUT2D eigenvalue weighted by Crippen LogP contribution is 2.20. The van der Waals surface area contributed by atoms with E-state index < -0.39 is 17.7 Å². The molecule has 1 unspecified atom stereocenters. The first-order valence-corrected chi connectivity index (χ1v) is 4.85.